The molecule has 0 spiro atoms. The van der Waals surface area contributed by atoms with E-state index in [-0.39, 0.29) is 5.41 Å². The molecular weight excluding hydrogens is 386 g/mol. The maximum absolute atomic E-state index is 10.1. The highest BCUT2D eigenvalue weighted by Crippen LogP contribution is 2.53. The first-order valence-electron chi connectivity index (χ1n) is 15.1. The van der Waals surface area contributed by atoms with E-state index in [2.05, 4.69) is 19.9 Å². The van der Waals surface area contributed by atoms with E-state index in [1.165, 1.54) is 141 Å². The molecular formula is C31H55N. The van der Waals surface area contributed by atoms with Gasteiger partial charge in [0.2, 0.25) is 0 Å². The maximum Gasteiger partial charge on any atom is 0.0689 e. The van der Waals surface area contributed by atoms with Crippen LogP contribution < -0.4 is 0 Å². The van der Waals surface area contributed by atoms with Crippen LogP contribution in [0.1, 0.15) is 155 Å². The molecule has 0 aromatic heterocycles. The molecule has 32 heavy (non-hydrogen) atoms. The standard InChI is InChI=1S/C31H55N/c1-3-5-7-9-11-13-26-14-16-27(17-15-26)28-18-19-30-24-31(25-32,22-20-29(30)23-28)21-12-10-8-6-4-2/h26-30H,3-24H2,1-2H3/t26?,27?,28-,29+,30+,31-/m0/s1. The van der Waals surface area contributed by atoms with Crippen molar-refractivity contribution in [2.75, 3.05) is 0 Å². The minimum atomic E-state index is 0.0371. The van der Waals surface area contributed by atoms with Crippen LogP contribution in [0.2, 0.25) is 0 Å². The van der Waals surface area contributed by atoms with Gasteiger partial charge in [-0.25, -0.2) is 0 Å². The number of rotatable bonds is 13. The molecule has 0 saturated heterocycles. The number of hydrogen-bond acceptors (Lipinski definition) is 1. The lowest BCUT2D eigenvalue weighted by Crippen LogP contribution is -2.38. The van der Waals surface area contributed by atoms with Crippen LogP contribution >= 0.6 is 0 Å². The van der Waals surface area contributed by atoms with Gasteiger partial charge in [0.1, 0.15) is 0 Å². The molecule has 3 fully saturated rings. The summed E-state index contributed by atoms with van der Waals surface area (Å²) in [4.78, 5) is 0. The Morgan fingerprint density at radius 3 is 1.94 bits per heavy atom. The number of nitrogens with zero attached hydrogens (tertiary/aromatic N) is 1. The Bertz CT molecular complexity index is 539. The molecule has 0 aliphatic heterocycles. The fourth-order valence-electron chi connectivity index (χ4n) is 7.92. The summed E-state index contributed by atoms with van der Waals surface area (Å²) in [6.07, 6.45) is 30.9. The lowest BCUT2D eigenvalue weighted by molar-refractivity contribution is 0.0377. The molecule has 0 radical (unpaired) electrons. The van der Waals surface area contributed by atoms with Crippen LogP contribution in [0.4, 0.5) is 0 Å². The summed E-state index contributed by atoms with van der Waals surface area (Å²) in [5.74, 6) is 4.92. The fraction of sp³-hybridized carbons (Fsp3) is 0.968. The molecule has 0 bridgehead atoms. The van der Waals surface area contributed by atoms with Crippen LogP contribution in [0.25, 0.3) is 0 Å². The predicted octanol–water partition coefficient (Wildman–Crippen LogP) is 10.2. The van der Waals surface area contributed by atoms with Crippen molar-refractivity contribution in [2.24, 2.45) is 35.0 Å². The highest BCUT2D eigenvalue weighted by molar-refractivity contribution is 5.05. The van der Waals surface area contributed by atoms with Crippen LogP contribution in [0.15, 0.2) is 0 Å². The fourth-order valence-corrected chi connectivity index (χ4v) is 7.92. The quantitative estimate of drug-likeness (QED) is 0.261. The first kappa shape index (κ1) is 26.1. The topological polar surface area (TPSA) is 23.8 Å². The van der Waals surface area contributed by atoms with E-state index < -0.39 is 0 Å². The number of nitriles is 1. The maximum atomic E-state index is 10.1. The number of fused-ring (bicyclic) bond motifs is 1. The van der Waals surface area contributed by atoms with Crippen molar-refractivity contribution in [3.63, 3.8) is 0 Å². The average molecular weight is 442 g/mol. The molecule has 1 nitrogen and oxygen atoms in total. The van der Waals surface area contributed by atoms with Gasteiger partial charge >= 0.3 is 0 Å². The van der Waals surface area contributed by atoms with Crippen molar-refractivity contribution in [1.82, 2.24) is 0 Å². The lowest BCUT2D eigenvalue weighted by atomic mass is 9.57. The summed E-state index contributed by atoms with van der Waals surface area (Å²) in [6, 6.07) is 2.85. The smallest absolute Gasteiger partial charge is 0.0689 e. The van der Waals surface area contributed by atoms with Crippen LogP contribution in [0, 0.1) is 46.3 Å². The van der Waals surface area contributed by atoms with Crippen molar-refractivity contribution in [3.05, 3.63) is 0 Å². The van der Waals surface area contributed by atoms with Gasteiger partial charge in [-0.2, -0.15) is 5.26 Å². The van der Waals surface area contributed by atoms with Gasteiger partial charge in [0.15, 0.2) is 0 Å². The average Bonchev–Trinajstić information content (AvgIpc) is 2.84. The molecule has 3 saturated carbocycles. The van der Waals surface area contributed by atoms with Crippen LogP contribution in [0.3, 0.4) is 0 Å². The Balaban J connectivity index is 1.36. The van der Waals surface area contributed by atoms with Gasteiger partial charge in [-0.1, -0.05) is 97.3 Å². The van der Waals surface area contributed by atoms with E-state index in [0.717, 1.165) is 29.6 Å². The molecule has 0 unspecified atom stereocenters. The summed E-state index contributed by atoms with van der Waals surface area (Å²) in [5.41, 5.74) is 0.0371. The minimum Gasteiger partial charge on any atom is -0.198 e. The summed E-state index contributed by atoms with van der Waals surface area (Å²) < 4.78 is 0. The highest BCUT2D eigenvalue weighted by Gasteiger charge is 2.44. The molecule has 0 aromatic carbocycles. The van der Waals surface area contributed by atoms with E-state index in [1.807, 2.05) is 0 Å². The van der Waals surface area contributed by atoms with Gasteiger partial charge in [0.05, 0.1) is 11.5 Å². The van der Waals surface area contributed by atoms with Gasteiger partial charge in [-0.15, -0.1) is 0 Å². The van der Waals surface area contributed by atoms with E-state index in [0.29, 0.717) is 0 Å². The zero-order chi connectivity index (χ0) is 22.7. The third kappa shape index (κ3) is 7.77. The van der Waals surface area contributed by atoms with Gasteiger partial charge < -0.3 is 0 Å². The van der Waals surface area contributed by atoms with Gasteiger partial charge in [0.25, 0.3) is 0 Å². The largest absolute Gasteiger partial charge is 0.198 e. The first-order chi connectivity index (χ1) is 15.7. The Hall–Kier alpha value is -0.510. The molecule has 1 heteroatoms. The molecule has 0 amide bonds. The summed E-state index contributed by atoms with van der Waals surface area (Å²) in [6.45, 7) is 4.60. The normalized spacial score (nSPS) is 35.2. The predicted molar refractivity (Wildman–Crippen MR) is 138 cm³/mol. The summed E-state index contributed by atoms with van der Waals surface area (Å²) in [7, 11) is 0. The number of unbranched alkanes of at least 4 members (excludes halogenated alkanes) is 8. The molecule has 3 aliphatic rings. The summed E-state index contributed by atoms with van der Waals surface area (Å²) >= 11 is 0. The molecule has 184 valence electrons. The van der Waals surface area contributed by atoms with Crippen molar-refractivity contribution in [2.45, 2.75) is 155 Å². The van der Waals surface area contributed by atoms with Crippen LogP contribution in [0.5, 0.6) is 0 Å². The Morgan fingerprint density at radius 1 is 0.656 bits per heavy atom. The Morgan fingerprint density at radius 2 is 1.25 bits per heavy atom. The third-order valence-corrected chi connectivity index (χ3v) is 10.1. The van der Waals surface area contributed by atoms with E-state index in [9.17, 15) is 5.26 Å². The summed E-state index contributed by atoms with van der Waals surface area (Å²) in [5, 5.41) is 10.1. The SMILES string of the molecule is CCCCCCCC1CCC([C@H]2CC[C@@H]3C[C@](C#N)(CCCCCCC)CC[C@@H]3C2)CC1. The van der Waals surface area contributed by atoms with Crippen molar-refractivity contribution < 1.29 is 0 Å². The molecule has 4 atom stereocenters. The Kier molecular flexibility index (Phi) is 11.4. The van der Waals surface area contributed by atoms with Crippen LogP contribution in [-0.2, 0) is 0 Å². The second-order valence-electron chi connectivity index (χ2n) is 12.4. The van der Waals surface area contributed by atoms with Crippen molar-refractivity contribution in [3.8, 4) is 6.07 Å². The van der Waals surface area contributed by atoms with E-state index in [4.69, 9.17) is 0 Å². The third-order valence-electron chi connectivity index (χ3n) is 10.1. The zero-order valence-corrected chi connectivity index (χ0v) is 21.9. The van der Waals surface area contributed by atoms with E-state index in [1.54, 1.807) is 0 Å². The van der Waals surface area contributed by atoms with E-state index >= 15 is 0 Å². The van der Waals surface area contributed by atoms with Crippen LogP contribution in [-0.4, -0.2) is 0 Å². The van der Waals surface area contributed by atoms with Crippen molar-refractivity contribution >= 4 is 0 Å². The Labute approximate surface area is 201 Å². The first-order valence-corrected chi connectivity index (χ1v) is 15.1. The molecule has 0 N–H and O–H groups in total. The highest BCUT2D eigenvalue weighted by atomic mass is 14.5. The molecule has 3 rings (SSSR count). The van der Waals surface area contributed by atoms with Gasteiger partial charge in [-0.3, -0.25) is 0 Å². The molecule has 3 aliphatic carbocycles. The minimum absolute atomic E-state index is 0.0371. The van der Waals surface area contributed by atoms with Gasteiger partial charge in [0, 0.05) is 0 Å². The monoisotopic (exact) mass is 441 g/mol. The zero-order valence-electron chi connectivity index (χ0n) is 21.9. The lowest BCUT2D eigenvalue weighted by Gasteiger charge is -2.47. The number of hydrogen-bond donors (Lipinski definition) is 0. The van der Waals surface area contributed by atoms with Gasteiger partial charge in [-0.05, 0) is 87.4 Å². The van der Waals surface area contributed by atoms with Crippen molar-refractivity contribution in [1.29, 1.82) is 5.26 Å². The molecule has 0 aromatic rings. The second kappa shape index (κ2) is 14.0. The second-order valence-corrected chi connectivity index (χ2v) is 12.4. The molecule has 0 heterocycles.